The fourth-order valence-corrected chi connectivity index (χ4v) is 2.51. The first-order valence-electron chi connectivity index (χ1n) is 4.78. The molecule has 1 saturated heterocycles. The van der Waals surface area contributed by atoms with Gasteiger partial charge in [0.05, 0.1) is 0 Å². The van der Waals surface area contributed by atoms with Crippen molar-refractivity contribution in [2.75, 3.05) is 19.3 Å². The van der Waals surface area contributed by atoms with E-state index in [0.717, 1.165) is 19.5 Å². The Labute approximate surface area is 97.8 Å². The molecule has 3 nitrogen and oxygen atoms in total. The molecule has 0 aromatic carbocycles. The highest BCUT2D eigenvalue weighted by atomic mass is 35.5. The summed E-state index contributed by atoms with van der Waals surface area (Å²) in [4.78, 5) is 13.7. The Morgan fingerprint density at radius 1 is 1.67 bits per heavy atom. The van der Waals surface area contributed by atoms with Crippen LogP contribution in [0.15, 0.2) is 16.5 Å². The summed E-state index contributed by atoms with van der Waals surface area (Å²) in [6.45, 7) is 1.61. The lowest BCUT2D eigenvalue weighted by Crippen LogP contribution is -2.28. The lowest BCUT2D eigenvalue weighted by Gasteiger charge is -2.13. The van der Waals surface area contributed by atoms with E-state index in [9.17, 15) is 4.79 Å². The van der Waals surface area contributed by atoms with Gasteiger partial charge in [-0.15, -0.1) is 0 Å². The van der Waals surface area contributed by atoms with Gasteiger partial charge < -0.3 is 9.32 Å². The first-order chi connectivity index (χ1) is 7.20. The molecule has 82 valence electrons. The van der Waals surface area contributed by atoms with E-state index in [1.165, 1.54) is 0 Å². The lowest BCUT2D eigenvalue weighted by molar-refractivity contribution is 0.0762. The summed E-state index contributed by atoms with van der Waals surface area (Å²) in [7, 11) is 0. The second-order valence-corrected chi connectivity index (χ2v) is 5.01. The van der Waals surface area contributed by atoms with Crippen LogP contribution in [0.25, 0.3) is 0 Å². The molecule has 1 aromatic heterocycles. The third-order valence-electron chi connectivity index (χ3n) is 2.55. The van der Waals surface area contributed by atoms with Gasteiger partial charge in [0.2, 0.25) is 0 Å². The normalized spacial score (nSPS) is 20.9. The van der Waals surface area contributed by atoms with Crippen LogP contribution in [0.1, 0.15) is 17.0 Å². The van der Waals surface area contributed by atoms with E-state index in [1.54, 1.807) is 23.9 Å². The van der Waals surface area contributed by atoms with Crippen molar-refractivity contribution in [3.63, 3.8) is 0 Å². The zero-order chi connectivity index (χ0) is 10.8. The van der Waals surface area contributed by atoms with Gasteiger partial charge in [0.1, 0.15) is 0 Å². The highest BCUT2D eigenvalue weighted by Gasteiger charge is 2.27. The molecule has 0 radical (unpaired) electrons. The summed E-state index contributed by atoms with van der Waals surface area (Å²) in [6, 6.07) is 3.22. The predicted octanol–water partition coefficient (Wildman–Crippen LogP) is 2.51. The van der Waals surface area contributed by atoms with Gasteiger partial charge in [-0.3, -0.25) is 4.79 Å². The molecule has 2 heterocycles. The van der Waals surface area contributed by atoms with Gasteiger partial charge in [0, 0.05) is 18.3 Å². The molecule has 1 aliphatic rings. The molecule has 0 saturated carbocycles. The van der Waals surface area contributed by atoms with Gasteiger partial charge in [-0.05, 0) is 36.4 Å². The maximum Gasteiger partial charge on any atom is 0.289 e. The van der Waals surface area contributed by atoms with Crippen LogP contribution in [0, 0.1) is 0 Å². The number of likely N-dealkylation sites (tertiary alicyclic amines) is 1. The van der Waals surface area contributed by atoms with Gasteiger partial charge in [0.25, 0.3) is 5.91 Å². The van der Waals surface area contributed by atoms with Crippen molar-refractivity contribution < 1.29 is 9.21 Å². The highest BCUT2D eigenvalue weighted by Crippen LogP contribution is 2.23. The van der Waals surface area contributed by atoms with Crippen LogP contribution in [-0.2, 0) is 0 Å². The summed E-state index contributed by atoms with van der Waals surface area (Å²) in [5.41, 5.74) is 0. The van der Waals surface area contributed by atoms with E-state index in [-0.39, 0.29) is 11.1 Å². The number of rotatable bonds is 2. The molecule has 0 aliphatic carbocycles. The van der Waals surface area contributed by atoms with Gasteiger partial charge in [-0.2, -0.15) is 11.8 Å². The van der Waals surface area contributed by atoms with Crippen molar-refractivity contribution in [1.29, 1.82) is 0 Å². The van der Waals surface area contributed by atoms with Crippen molar-refractivity contribution in [2.45, 2.75) is 11.7 Å². The second kappa shape index (κ2) is 4.49. The molecule has 1 fully saturated rings. The quantitative estimate of drug-likeness (QED) is 0.803. The summed E-state index contributed by atoms with van der Waals surface area (Å²) in [5.74, 6) is 0.278. The van der Waals surface area contributed by atoms with E-state index < -0.39 is 0 Å². The molecule has 1 amide bonds. The predicted molar refractivity (Wildman–Crippen MR) is 61.5 cm³/mol. The van der Waals surface area contributed by atoms with Crippen LogP contribution in [0.5, 0.6) is 0 Å². The minimum Gasteiger partial charge on any atom is -0.440 e. The Bertz CT molecular complexity index is 366. The largest absolute Gasteiger partial charge is 0.440 e. The number of halogens is 1. The third kappa shape index (κ3) is 2.32. The van der Waals surface area contributed by atoms with E-state index in [2.05, 4.69) is 6.26 Å². The number of nitrogens with zero attached hydrogens (tertiary/aromatic N) is 1. The topological polar surface area (TPSA) is 33.5 Å². The van der Waals surface area contributed by atoms with Gasteiger partial charge in [-0.1, -0.05) is 0 Å². The lowest BCUT2D eigenvalue weighted by atomic mass is 10.4. The molecule has 1 aromatic rings. The first kappa shape index (κ1) is 10.9. The second-order valence-electron chi connectivity index (χ2n) is 3.50. The average Bonchev–Trinajstić information content (AvgIpc) is 2.84. The van der Waals surface area contributed by atoms with Crippen LogP contribution in [0.4, 0.5) is 0 Å². The third-order valence-corrected chi connectivity index (χ3v) is 3.80. The number of carbonyl (C=O) groups is 1. The van der Waals surface area contributed by atoms with Crippen molar-refractivity contribution in [1.82, 2.24) is 4.90 Å². The molecule has 1 unspecified atom stereocenters. The Hall–Kier alpha value is -0.610. The molecule has 0 bridgehead atoms. The zero-order valence-corrected chi connectivity index (χ0v) is 9.98. The molecule has 1 atom stereocenters. The Morgan fingerprint density at radius 3 is 3.00 bits per heavy atom. The molecule has 15 heavy (non-hydrogen) atoms. The fourth-order valence-electron chi connectivity index (χ4n) is 1.69. The number of amides is 1. The minimum atomic E-state index is -0.0570. The molecular formula is C10H12ClNO2S. The Morgan fingerprint density at radius 2 is 2.47 bits per heavy atom. The molecule has 2 rings (SSSR count). The average molecular weight is 246 g/mol. The van der Waals surface area contributed by atoms with E-state index in [0.29, 0.717) is 11.0 Å². The SMILES string of the molecule is CSC1CCN(C(=O)c2ccc(Cl)o2)C1. The number of furan rings is 1. The first-order valence-corrected chi connectivity index (χ1v) is 6.44. The zero-order valence-electron chi connectivity index (χ0n) is 8.40. The molecule has 5 heteroatoms. The summed E-state index contributed by atoms with van der Waals surface area (Å²) < 4.78 is 5.09. The van der Waals surface area contributed by atoms with E-state index in [1.807, 2.05) is 4.90 Å². The van der Waals surface area contributed by atoms with Crippen LogP contribution in [0.3, 0.4) is 0 Å². The molecule has 0 N–H and O–H groups in total. The van der Waals surface area contributed by atoms with Gasteiger partial charge in [-0.25, -0.2) is 0 Å². The summed E-state index contributed by atoms with van der Waals surface area (Å²) >= 11 is 7.43. The van der Waals surface area contributed by atoms with Crippen LogP contribution < -0.4 is 0 Å². The fraction of sp³-hybridized carbons (Fsp3) is 0.500. The number of thioether (sulfide) groups is 1. The summed E-state index contributed by atoms with van der Waals surface area (Å²) in [6.07, 6.45) is 3.13. The van der Waals surface area contributed by atoms with Crippen molar-refractivity contribution in [3.05, 3.63) is 23.1 Å². The van der Waals surface area contributed by atoms with Crippen molar-refractivity contribution in [2.24, 2.45) is 0 Å². The highest BCUT2D eigenvalue weighted by molar-refractivity contribution is 7.99. The summed E-state index contributed by atoms with van der Waals surface area (Å²) in [5, 5.41) is 0.818. The maximum atomic E-state index is 11.9. The van der Waals surface area contributed by atoms with Crippen LogP contribution in [-0.4, -0.2) is 35.4 Å². The maximum absolute atomic E-state index is 11.9. The van der Waals surface area contributed by atoms with Crippen LogP contribution in [0.2, 0.25) is 5.22 Å². The molecule has 0 spiro atoms. The minimum absolute atomic E-state index is 0.0570. The molecular weight excluding hydrogens is 234 g/mol. The Kier molecular flexibility index (Phi) is 3.26. The monoisotopic (exact) mass is 245 g/mol. The Balaban J connectivity index is 2.03. The van der Waals surface area contributed by atoms with Crippen molar-refractivity contribution in [3.8, 4) is 0 Å². The van der Waals surface area contributed by atoms with Gasteiger partial charge >= 0.3 is 0 Å². The van der Waals surface area contributed by atoms with E-state index >= 15 is 0 Å². The van der Waals surface area contributed by atoms with E-state index in [4.69, 9.17) is 16.0 Å². The smallest absolute Gasteiger partial charge is 0.289 e. The standard InChI is InChI=1S/C10H12ClNO2S/c1-15-7-4-5-12(6-7)10(13)8-2-3-9(11)14-8/h2-3,7H,4-6H2,1H3. The van der Waals surface area contributed by atoms with Crippen molar-refractivity contribution >= 4 is 29.3 Å². The number of hydrogen-bond acceptors (Lipinski definition) is 3. The molecule has 1 aliphatic heterocycles. The van der Waals surface area contributed by atoms with Crippen LogP contribution >= 0.6 is 23.4 Å². The van der Waals surface area contributed by atoms with Gasteiger partial charge in [0.15, 0.2) is 11.0 Å². The number of carbonyl (C=O) groups excluding carboxylic acids is 1. The number of hydrogen-bond donors (Lipinski definition) is 0.